The molecule has 15 nitrogen and oxygen atoms in total. The van der Waals surface area contributed by atoms with Gasteiger partial charge in [0.25, 0.3) is 18.4 Å². The molecule has 3 aliphatic rings. The molecule has 1 unspecified atom stereocenters. The summed E-state index contributed by atoms with van der Waals surface area (Å²) in [5.41, 5.74) is 7.71. The van der Waals surface area contributed by atoms with Crippen LogP contribution in [0, 0.1) is 42.0 Å². The Morgan fingerprint density at radius 3 is 1.55 bits per heavy atom. The maximum absolute atomic E-state index is 11.6. The number of aliphatic hydroxyl groups excluding tert-OH is 1. The third kappa shape index (κ3) is 24.2. The van der Waals surface area contributed by atoms with Crippen molar-refractivity contribution in [2.75, 3.05) is 33.0 Å². The minimum atomic E-state index is -3.61. The molecule has 3 atom stereocenters. The van der Waals surface area contributed by atoms with Gasteiger partial charge < -0.3 is 60.3 Å². The Morgan fingerprint density at radius 1 is 0.588 bits per heavy atom. The number of hydrogen-bond acceptors (Lipinski definition) is 14. The summed E-state index contributed by atoms with van der Waals surface area (Å²) in [7, 11) is -5.49. The number of carboxylic acids is 1. The molecule has 18 heteroatoms. The van der Waals surface area contributed by atoms with Crippen molar-refractivity contribution < 1.29 is 90.7 Å². The van der Waals surface area contributed by atoms with Gasteiger partial charge in [0.2, 0.25) is 6.10 Å². The van der Waals surface area contributed by atoms with E-state index in [4.69, 9.17) is 52.0 Å². The molecule has 0 saturated carbocycles. The Bertz CT molecular complexity index is 3220. The molecule has 1 saturated heterocycles. The van der Waals surface area contributed by atoms with Gasteiger partial charge in [-0.05, 0) is 147 Å². The van der Waals surface area contributed by atoms with E-state index in [1.54, 1.807) is 36.4 Å². The van der Waals surface area contributed by atoms with E-state index in [9.17, 15) is 18.3 Å². The van der Waals surface area contributed by atoms with E-state index >= 15 is 0 Å². The van der Waals surface area contributed by atoms with Crippen molar-refractivity contribution in [2.24, 2.45) is 0 Å². The minimum absolute atomic E-state index is 0. The number of aliphatic carboxylic acids is 1. The van der Waals surface area contributed by atoms with Gasteiger partial charge in [-0.15, -0.1) is 0 Å². The van der Waals surface area contributed by atoms with E-state index in [0.29, 0.717) is 43.7 Å². The topological polar surface area (TPSA) is 198 Å². The fourth-order valence-corrected chi connectivity index (χ4v) is 9.12. The van der Waals surface area contributed by atoms with E-state index in [0.717, 1.165) is 56.4 Å². The quantitative estimate of drug-likeness (QED) is 0.0402. The van der Waals surface area contributed by atoms with Crippen LogP contribution >= 0.6 is 0 Å². The number of rotatable bonds is 14. The maximum Gasteiger partial charge on any atom is 0.348 e. The fraction of sp³-hybridized carbons (Fsp3) is 0.343. The Balaban J connectivity index is 0.000000363. The summed E-state index contributed by atoms with van der Waals surface area (Å²) in [6.45, 7) is 23.3. The van der Waals surface area contributed by atoms with E-state index in [-0.39, 0.29) is 90.4 Å². The van der Waals surface area contributed by atoms with Gasteiger partial charge in [0.05, 0.1) is 24.7 Å². The summed E-state index contributed by atoms with van der Waals surface area (Å²) in [4.78, 5) is 10.8. The number of carboxylic acid groups (broad SMARTS) is 1. The first kappa shape index (κ1) is 74.2. The van der Waals surface area contributed by atoms with Crippen LogP contribution in [0.2, 0.25) is 18.1 Å². The van der Waals surface area contributed by atoms with Crippen molar-refractivity contribution in [1.29, 1.82) is 0 Å². The van der Waals surface area contributed by atoms with Gasteiger partial charge in [-0.1, -0.05) is 138 Å². The predicted octanol–water partition coefficient (Wildman–Crippen LogP) is 14.4. The second-order valence-electron chi connectivity index (χ2n) is 21.2. The van der Waals surface area contributed by atoms with Crippen molar-refractivity contribution in [1.82, 2.24) is 0 Å². The van der Waals surface area contributed by atoms with Crippen LogP contribution in [0.5, 0.6) is 46.0 Å². The zero-order valence-electron chi connectivity index (χ0n) is 49.2. The third-order valence-corrected chi connectivity index (χ3v) is 18.7. The number of benzene rings is 7. The summed E-state index contributed by atoms with van der Waals surface area (Å²) in [5, 5.41) is 27.3. The fourth-order valence-electron chi connectivity index (χ4n) is 7.16. The Morgan fingerprint density at radius 2 is 1.05 bits per heavy atom. The number of aromatic hydroxyl groups is 1. The summed E-state index contributed by atoms with van der Waals surface area (Å²) < 4.78 is 72.3. The summed E-state index contributed by atoms with van der Waals surface area (Å²) in [5.74, 6) is 4.00. The van der Waals surface area contributed by atoms with Crippen molar-refractivity contribution in [2.45, 2.75) is 125 Å². The van der Waals surface area contributed by atoms with E-state index in [1.807, 2.05) is 125 Å². The van der Waals surface area contributed by atoms with Gasteiger partial charge in [0.15, 0.2) is 46.4 Å². The number of phenolic OH excluding ortho intramolecular Hbond substituents is 1. The van der Waals surface area contributed by atoms with Crippen LogP contribution in [-0.4, -0.2) is 89.4 Å². The second-order valence-corrected chi connectivity index (χ2v) is 27.6. The maximum atomic E-state index is 11.6. The average Bonchev–Trinajstić information content (AvgIpc) is 4.30. The number of epoxide rings is 1. The Kier molecular flexibility index (Phi) is 30.5. The van der Waals surface area contributed by atoms with Crippen LogP contribution in [0.1, 0.15) is 74.6 Å². The van der Waals surface area contributed by atoms with Crippen LogP contribution in [-0.2, 0) is 57.5 Å². The summed E-state index contributed by atoms with van der Waals surface area (Å²) in [6.07, 6.45) is -1.18. The largest absolute Gasteiger partial charge is 0.541 e. The van der Waals surface area contributed by atoms with Crippen molar-refractivity contribution >= 4 is 24.4 Å². The molecule has 0 aliphatic carbocycles. The molecular weight excluding hydrogens is 1210 g/mol. The Hall–Kier alpha value is -6.88. The molecule has 85 heavy (non-hydrogen) atoms. The molecule has 0 bridgehead atoms. The van der Waals surface area contributed by atoms with Gasteiger partial charge >= 0.3 is 5.97 Å². The molecule has 7 aromatic carbocycles. The molecule has 3 heterocycles. The molecule has 0 aromatic heterocycles. The first-order chi connectivity index (χ1) is 38.5. The second kappa shape index (κ2) is 34.9. The average molecular weight is 1300 g/mol. The zero-order valence-corrected chi connectivity index (χ0v) is 52.5. The third-order valence-electron chi connectivity index (χ3n) is 13.0. The van der Waals surface area contributed by atoms with Gasteiger partial charge in [-0.2, -0.15) is 8.42 Å². The smallest absolute Gasteiger partial charge is 0.348 e. The van der Waals surface area contributed by atoms with Crippen molar-refractivity contribution in [3.8, 4) is 46.0 Å². The number of hydrogen-bond donors (Lipinski definition) is 3. The van der Waals surface area contributed by atoms with E-state index in [1.165, 1.54) is 5.56 Å². The number of fused-ring (bicyclic) bond motifs is 2. The molecule has 3 aliphatic heterocycles. The number of aryl methyl sites for hydroxylation is 5. The molecular formula is C67H87O15PdSSi-. The SMILES string of the molecule is C.C.Cc1ccc(O)c(OCc2ccccc2)c1.Cc1ccc(O[Si](C)(C)C(C)(C)C)c(OCc2ccccc2)c1.Cc1ccc(S(=O)(=O)OCC2CO2)cc1.Cc1ccc2c(c1)OC[C@H](C(=O)O)O2.Cc1ccc2c(c1)OC[C@H](CO)O2.[CH3-].[Pd]. The summed E-state index contributed by atoms with van der Waals surface area (Å²) in [6, 6.07) is 49.3. The van der Waals surface area contributed by atoms with Gasteiger partial charge in [-0.25, -0.2) is 4.79 Å². The first-order valence-corrected chi connectivity index (χ1v) is 30.9. The molecule has 3 N–H and O–H groups in total. The van der Waals surface area contributed by atoms with Gasteiger partial charge in [-0.3, -0.25) is 4.18 Å². The van der Waals surface area contributed by atoms with Gasteiger partial charge in [0.1, 0.15) is 38.3 Å². The monoisotopic (exact) mass is 1300 g/mol. The zero-order chi connectivity index (χ0) is 58.7. The van der Waals surface area contributed by atoms with Gasteiger partial charge in [0, 0.05) is 20.4 Å². The predicted molar refractivity (Wildman–Crippen MR) is 334 cm³/mol. The molecule has 7 aromatic rings. The number of phenols is 1. The number of ether oxygens (including phenoxy) is 7. The van der Waals surface area contributed by atoms with Crippen molar-refractivity contribution in [3.05, 3.63) is 204 Å². The van der Waals surface area contributed by atoms with E-state index < -0.39 is 30.5 Å². The number of aliphatic hydroxyl groups is 1. The Labute approximate surface area is 520 Å². The minimum Gasteiger partial charge on any atom is -0.541 e. The normalized spacial score (nSPS) is 14.9. The van der Waals surface area contributed by atoms with Crippen molar-refractivity contribution in [3.63, 3.8) is 0 Å². The summed E-state index contributed by atoms with van der Waals surface area (Å²) >= 11 is 0. The van der Waals surface area contributed by atoms with Crippen LogP contribution in [0.4, 0.5) is 0 Å². The molecule has 0 radical (unpaired) electrons. The van der Waals surface area contributed by atoms with Crippen LogP contribution in [0.25, 0.3) is 0 Å². The van der Waals surface area contributed by atoms with Crippen LogP contribution in [0.3, 0.4) is 0 Å². The van der Waals surface area contributed by atoms with E-state index in [2.05, 4.69) is 65.1 Å². The molecule has 10 rings (SSSR count). The molecule has 1 fully saturated rings. The number of carbonyl (C=O) groups is 1. The van der Waals surface area contributed by atoms with Crippen LogP contribution in [0.15, 0.2) is 163 Å². The molecule has 0 amide bonds. The molecule has 466 valence electrons. The van der Waals surface area contributed by atoms with Crippen LogP contribution < -0.4 is 32.8 Å². The standard InChI is InChI=1S/C20H28O2Si.C14H14O2.C10H12O4S.C10H10O4.C10H12O3.2CH4.CH3.Pd/c1-16-12-13-18(22-23(5,6)20(2,3)4)19(14-16)21-15-17-10-8-7-9-11-17;1-11-7-8-13(15)14(9-11)16-10-12-5-3-2-4-6-12;1-8-2-4-10(5-3-8)15(11,12)14-7-9-6-13-9;1-6-2-3-7-8(4-6)13-5-9(14-7)10(11)12;1-7-2-3-9-10(4-7)12-6-8(5-11)13-9;;;;/h7-14H,15H2,1-6H3;2-9,15H,10H2,1H3;2-5,9H,6-7H2,1H3;2-4,9H,5H2,1H3,(H,11,12);2-4,8,11H,5-6H2,1H3;2*1H4;1H3;/q;;;;;;;-1;/t;;;9-;8-;;;;/m...10..../s1. The molecule has 0 spiro atoms. The first-order valence-electron chi connectivity index (χ1n) is 26.6.